The van der Waals surface area contributed by atoms with Gasteiger partial charge in [0.2, 0.25) is 11.8 Å². The smallest absolute Gasteiger partial charge is 0.233 e. The molecule has 0 aromatic carbocycles. The number of hydrogen-bond acceptors (Lipinski definition) is 2. The summed E-state index contributed by atoms with van der Waals surface area (Å²) in [7, 11) is 0. The lowest BCUT2D eigenvalue weighted by Crippen LogP contribution is -2.41. The van der Waals surface area contributed by atoms with Crippen molar-refractivity contribution in [3.8, 4) is 0 Å². The lowest BCUT2D eigenvalue weighted by molar-refractivity contribution is -0.143. The summed E-state index contributed by atoms with van der Waals surface area (Å²) in [5.74, 6) is 0.0525. The maximum atomic E-state index is 12.6. The summed E-state index contributed by atoms with van der Waals surface area (Å²) in [5.41, 5.74) is 0. The quantitative estimate of drug-likeness (QED) is 0.507. The van der Waals surface area contributed by atoms with Crippen LogP contribution >= 0.6 is 31.9 Å². The third-order valence-corrected chi connectivity index (χ3v) is 7.62. The SMILES string of the molecule is O=C1C2CC(Br)[C@H](Br)C[C@@H]2C(=O)N1C1CCCCC1. The minimum Gasteiger partial charge on any atom is -0.279 e. The molecule has 2 amide bonds. The second-order valence-electron chi connectivity index (χ2n) is 6.05. The summed E-state index contributed by atoms with van der Waals surface area (Å²) in [5, 5.41) is 0. The largest absolute Gasteiger partial charge is 0.279 e. The van der Waals surface area contributed by atoms with E-state index in [0.29, 0.717) is 9.65 Å². The molecule has 1 heterocycles. The van der Waals surface area contributed by atoms with Crippen LogP contribution in [-0.4, -0.2) is 32.4 Å². The van der Waals surface area contributed by atoms with Crippen LogP contribution < -0.4 is 0 Å². The summed E-state index contributed by atoms with van der Waals surface area (Å²) in [6, 6.07) is 0.182. The van der Waals surface area contributed by atoms with Crippen LogP contribution in [0.1, 0.15) is 44.9 Å². The van der Waals surface area contributed by atoms with Crippen molar-refractivity contribution in [3.05, 3.63) is 0 Å². The second kappa shape index (κ2) is 5.47. The van der Waals surface area contributed by atoms with Crippen molar-refractivity contribution in [2.75, 3.05) is 0 Å². The number of likely N-dealkylation sites (tertiary alicyclic amines) is 1. The van der Waals surface area contributed by atoms with Crippen molar-refractivity contribution in [2.24, 2.45) is 11.8 Å². The average molecular weight is 393 g/mol. The van der Waals surface area contributed by atoms with Gasteiger partial charge in [0.15, 0.2) is 0 Å². The molecule has 1 aliphatic heterocycles. The summed E-state index contributed by atoms with van der Waals surface area (Å²) >= 11 is 7.25. The Kier molecular flexibility index (Phi) is 4.05. The van der Waals surface area contributed by atoms with Gasteiger partial charge in [0.25, 0.3) is 0 Å². The van der Waals surface area contributed by atoms with Crippen molar-refractivity contribution in [1.82, 2.24) is 4.90 Å². The van der Waals surface area contributed by atoms with Gasteiger partial charge >= 0.3 is 0 Å². The Morgan fingerprint density at radius 1 is 0.842 bits per heavy atom. The van der Waals surface area contributed by atoms with Crippen molar-refractivity contribution in [3.63, 3.8) is 0 Å². The Balaban J connectivity index is 1.80. The van der Waals surface area contributed by atoms with E-state index in [4.69, 9.17) is 0 Å². The molecule has 0 radical (unpaired) electrons. The van der Waals surface area contributed by atoms with Gasteiger partial charge < -0.3 is 0 Å². The summed E-state index contributed by atoms with van der Waals surface area (Å²) < 4.78 is 0. The number of halogens is 2. The number of amides is 2. The normalized spacial score (nSPS) is 40.6. The van der Waals surface area contributed by atoms with Gasteiger partial charge in [-0.15, -0.1) is 0 Å². The zero-order chi connectivity index (χ0) is 13.6. The third-order valence-electron chi connectivity index (χ3n) is 4.89. The van der Waals surface area contributed by atoms with Gasteiger partial charge in [-0.3, -0.25) is 14.5 Å². The van der Waals surface area contributed by atoms with Crippen LogP contribution in [0, 0.1) is 11.8 Å². The van der Waals surface area contributed by atoms with Crippen LogP contribution in [0.2, 0.25) is 0 Å². The molecule has 4 atom stereocenters. The van der Waals surface area contributed by atoms with Gasteiger partial charge in [-0.25, -0.2) is 0 Å². The Hall–Kier alpha value is 0.1000. The first kappa shape index (κ1) is 14.1. The highest BCUT2D eigenvalue weighted by molar-refractivity contribution is 9.12. The molecule has 0 spiro atoms. The Labute approximate surface area is 130 Å². The van der Waals surface area contributed by atoms with E-state index in [-0.39, 0.29) is 29.7 Å². The maximum absolute atomic E-state index is 12.6. The predicted molar refractivity (Wildman–Crippen MR) is 80.4 cm³/mol. The lowest BCUT2D eigenvalue weighted by atomic mass is 9.81. The van der Waals surface area contributed by atoms with Gasteiger partial charge in [0.1, 0.15) is 0 Å². The number of nitrogens with zero attached hydrogens (tertiary/aromatic N) is 1. The standard InChI is InChI=1S/C14H19Br2NO2/c15-11-6-9-10(7-12(11)16)14(19)17(13(9)18)8-4-2-1-3-5-8/h8-12H,1-7H2/t9-,10?,11+,12?/m0/s1. The number of hydrogen-bond donors (Lipinski definition) is 0. The number of imide groups is 1. The van der Waals surface area contributed by atoms with E-state index in [1.165, 1.54) is 6.42 Å². The molecule has 2 saturated carbocycles. The third kappa shape index (κ3) is 2.41. The molecule has 2 unspecified atom stereocenters. The molecule has 19 heavy (non-hydrogen) atoms. The number of alkyl halides is 2. The topological polar surface area (TPSA) is 37.4 Å². The van der Waals surface area contributed by atoms with E-state index in [1.54, 1.807) is 4.90 Å². The fourth-order valence-corrected chi connectivity index (χ4v) is 5.06. The molecule has 1 saturated heterocycles. The first-order valence-electron chi connectivity index (χ1n) is 7.24. The number of rotatable bonds is 1. The zero-order valence-corrected chi connectivity index (χ0v) is 14.0. The average Bonchev–Trinajstić information content (AvgIpc) is 2.64. The lowest BCUT2D eigenvalue weighted by Gasteiger charge is -2.29. The van der Waals surface area contributed by atoms with Crippen LogP contribution in [-0.2, 0) is 9.59 Å². The maximum Gasteiger partial charge on any atom is 0.233 e. The van der Waals surface area contributed by atoms with E-state index in [2.05, 4.69) is 31.9 Å². The first-order chi connectivity index (χ1) is 9.09. The summed E-state index contributed by atoms with van der Waals surface area (Å²) in [4.78, 5) is 27.4. The highest BCUT2D eigenvalue weighted by atomic mass is 79.9. The van der Waals surface area contributed by atoms with E-state index in [0.717, 1.165) is 38.5 Å². The molecule has 3 nitrogen and oxygen atoms in total. The fraction of sp³-hybridized carbons (Fsp3) is 0.857. The minimum absolute atomic E-state index is 0.0763. The fourth-order valence-electron chi connectivity index (χ4n) is 3.82. The first-order valence-corrected chi connectivity index (χ1v) is 9.07. The molecule has 0 aromatic heterocycles. The van der Waals surface area contributed by atoms with E-state index in [1.807, 2.05) is 0 Å². The molecule has 0 bridgehead atoms. The second-order valence-corrected chi connectivity index (χ2v) is 8.41. The molecule has 3 rings (SSSR count). The molecule has 0 N–H and O–H groups in total. The van der Waals surface area contributed by atoms with Crippen molar-refractivity contribution >= 4 is 43.7 Å². The molecule has 106 valence electrons. The Morgan fingerprint density at radius 3 is 1.79 bits per heavy atom. The molecule has 3 fully saturated rings. The van der Waals surface area contributed by atoms with Crippen molar-refractivity contribution < 1.29 is 9.59 Å². The highest BCUT2D eigenvalue weighted by Crippen LogP contribution is 2.44. The Morgan fingerprint density at radius 2 is 1.32 bits per heavy atom. The number of carbonyl (C=O) groups is 2. The molecule has 2 aliphatic carbocycles. The van der Waals surface area contributed by atoms with Crippen molar-refractivity contribution in [2.45, 2.75) is 60.6 Å². The van der Waals surface area contributed by atoms with Crippen LogP contribution in [0.5, 0.6) is 0 Å². The predicted octanol–water partition coefficient (Wildman–Crippen LogP) is 3.24. The molecule has 0 aromatic rings. The number of fused-ring (bicyclic) bond motifs is 1. The highest BCUT2D eigenvalue weighted by Gasteiger charge is 2.53. The Bertz CT molecular complexity index is 367. The van der Waals surface area contributed by atoms with Crippen molar-refractivity contribution in [1.29, 1.82) is 0 Å². The minimum atomic E-state index is -0.0763. The summed E-state index contributed by atoms with van der Waals surface area (Å²) in [6.45, 7) is 0. The number of carbonyl (C=O) groups excluding carboxylic acids is 2. The van der Waals surface area contributed by atoms with Gasteiger partial charge in [-0.05, 0) is 25.7 Å². The van der Waals surface area contributed by atoms with Gasteiger partial charge in [0.05, 0.1) is 11.8 Å². The zero-order valence-electron chi connectivity index (χ0n) is 10.9. The van der Waals surface area contributed by atoms with Gasteiger partial charge in [0, 0.05) is 15.7 Å². The molecular weight excluding hydrogens is 374 g/mol. The van der Waals surface area contributed by atoms with E-state index in [9.17, 15) is 9.59 Å². The monoisotopic (exact) mass is 391 g/mol. The molecule has 3 aliphatic rings. The van der Waals surface area contributed by atoms with Crippen LogP contribution in [0.15, 0.2) is 0 Å². The van der Waals surface area contributed by atoms with E-state index >= 15 is 0 Å². The molecular formula is C14H19Br2NO2. The van der Waals surface area contributed by atoms with E-state index < -0.39 is 0 Å². The molecule has 5 heteroatoms. The van der Waals surface area contributed by atoms with Crippen LogP contribution in [0.4, 0.5) is 0 Å². The van der Waals surface area contributed by atoms with Crippen LogP contribution in [0.3, 0.4) is 0 Å². The van der Waals surface area contributed by atoms with Crippen LogP contribution in [0.25, 0.3) is 0 Å². The summed E-state index contributed by atoms with van der Waals surface area (Å²) in [6.07, 6.45) is 7.13. The van der Waals surface area contributed by atoms with Gasteiger partial charge in [-0.2, -0.15) is 0 Å². The van der Waals surface area contributed by atoms with Gasteiger partial charge in [-0.1, -0.05) is 51.1 Å².